The summed E-state index contributed by atoms with van der Waals surface area (Å²) in [7, 11) is 0. The first-order valence-corrected chi connectivity index (χ1v) is 5.42. The van der Waals surface area contributed by atoms with E-state index in [1.165, 1.54) is 12.2 Å². The second-order valence-electron chi connectivity index (χ2n) is 3.64. The van der Waals surface area contributed by atoms with E-state index in [1.807, 2.05) is 6.92 Å². The molecule has 1 amide bonds. The molecule has 0 rings (SSSR count). The Balaban J connectivity index is 4.76. The average Bonchev–Trinajstić information content (AvgIpc) is 2.26. The molecule has 0 radical (unpaired) electrons. The summed E-state index contributed by atoms with van der Waals surface area (Å²) in [4.78, 5) is 22.7. The van der Waals surface area contributed by atoms with E-state index < -0.39 is 17.6 Å². The highest BCUT2D eigenvalue weighted by molar-refractivity contribution is 5.84. The number of hydrogen-bond donors (Lipinski definition) is 2. The van der Waals surface area contributed by atoms with Crippen molar-refractivity contribution >= 4 is 12.1 Å². The fraction of sp³-hybridized carbons (Fsp3) is 0.500. The summed E-state index contributed by atoms with van der Waals surface area (Å²) in [5.41, 5.74) is -1.34. The predicted molar refractivity (Wildman–Crippen MR) is 64.8 cm³/mol. The van der Waals surface area contributed by atoms with E-state index in [4.69, 9.17) is 4.74 Å². The summed E-state index contributed by atoms with van der Waals surface area (Å²) in [5, 5.41) is 11.6. The summed E-state index contributed by atoms with van der Waals surface area (Å²) in [6.45, 7) is 8.80. The van der Waals surface area contributed by atoms with Crippen LogP contribution in [-0.2, 0) is 9.53 Å². The summed E-state index contributed by atoms with van der Waals surface area (Å²) in [5.74, 6) is -1.09. The molecule has 0 bridgehead atoms. The molecule has 0 aliphatic heterocycles. The molecule has 2 N–H and O–H groups in total. The van der Waals surface area contributed by atoms with Gasteiger partial charge in [0.15, 0.2) is 0 Å². The van der Waals surface area contributed by atoms with Crippen LogP contribution in [0.15, 0.2) is 25.3 Å². The number of alkyl carbamates (subject to hydrolysis) is 1. The van der Waals surface area contributed by atoms with E-state index in [1.54, 1.807) is 0 Å². The van der Waals surface area contributed by atoms with Crippen LogP contribution in [0.4, 0.5) is 4.79 Å². The molecule has 96 valence electrons. The van der Waals surface area contributed by atoms with Crippen LogP contribution in [0.3, 0.4) is 0 Å². The van der Waals surface area contributed by atoms with Crippen LogP contribution >= 0.6 is 0 Å². The molecule has 0 aromatic carbocycles. The molecule has 0 fully saturated rings. The number of nitrogens with one attached hydrogen (secondary N) is 1. The first kappa shape index (κ1) is 15.2. The van der Waals surface area contributed by atoms with Crippen LogP contribution in [0.5, 0.6) is 0 Å². The molecule has 5 nitrogen and oxygen atoms in total. The predicted octanol–water partition coefficient (Wildman–Crippen LogP) is 2.10. The Morgan fingerprint density at radius 1 is 1.41 bits per heavy atom. The topological polar surface area (TPSA) is 75.6 Å². The maximum absolute atomic E-state index is 11.4. The fourth-order valence-electron chi connectivity index (χ4n) is 1.50. The quantitative estimate of drug-likeness (QED) is 0.638. The van der Waals surface area contributed by atoms with E-state index >= 15 is 0 Å². The summed E-state index contributed by atoms with van der Waals surface area (Å²) in [6.07, 6.45) is 3.22. The number of rotatable bonds is 8. The van der Waals surface area contributed by atoms with Crippen molar-refractivity contribution < 1.29 is 19.4 Å². The fourth-order valence-corrected chi connectivity index (χ4v) is 1.50. The molecule has 5 heteroatoms. The highest BCUT2D eigenvalue weighted by Gasteiger charge is 2.38. The van der Waals surface area contributed by atoms with E-state index in [0.29, 0.717) is 12.8 Å². The van der Waals surface area contributed by atoms with Gasteiger partial charge >= 0.3 is 12.1 Å². The third kappa shape index (κ3) is 4.72. The smallest absolute Gasteiger partial charge is 0.408 e. The van der Waals surface area contributed by atoms with Gasteiger partial charge in [0.2, 0.25) is 0 Å². The lowest BCUT2D eigenvalue weighted by molar-refractivity contribution is -0.145. The van der Waals surface area contributed by atoms with E-state index in [0.717, 1.165) is 0 Å². The van der Waals surface area contributed by atoms with Crippen LogP contribution in [-0.4, -0.2) is 29.3 Å². The van der Waals surface area contributed by atoms with Gasteiger partial charge in [-0.1, -0.05) is 32.1 Å². The van der Waals surface area contributed by atoms with Crippen molar-refractivity contribution in [1.29, 1.82) is 0 Å². The zero-order valence-corrected chi connectivity index (χ0v) is 10.1. The SMILES string of the molecule is C=CCOC(=O)NC(CC=C)(CCC)C(=O)O. The van der Waals surface area contributed by atoms with Gasteiger partial charge < -0.3 is 15.2 Å². The van der Waals surface area contributed by atoms with Gasteiger partial charge in [0.05, 0.1) is 0 Å². The zero-order valence-electron chi connectivity index (χ0n) is 10.1. The third-order valence-electron chi connectivity index (χ3n) is 2.25. The number of carbonyl (C=O) groups excluding carboxylic acids is 1. The number of aliphatic carboxylic acids is 1. The van der Waals surface area contributed by atoms with Gasteiger partial charge in [-0.25, -0.2) is 9.59 Å². The van der Waals surface area contributed by atoms with Crippen molar-refractivity contribution in [3.8, 4) is 0 Å². The summed E-state index contributed by atoms with van der Waals surface area (Å²) >= 11 is 0. The Morgan fingerprint density at radius 3 is 2.47 bits per heavy atom. The van der Waals surface area contributed by atoms with Crippen molar-refractivity contribution in [2.45, 2.75) is 31.7 Å². The second kappa shape index (κ2) is 7.49. The first-order chi connectivity index (χ1) is 8.02. The van der Waals surface area contributed by atoms with Crippen molar-refractivity contribution in [3.63, 3.8) is 0 Å². The highest BCUT2D eigenvalue weighted by Crippen LogP contribution is 2.19. The molecular formula is C12H19NO4. The first-order valence-electron chi connectivity index (χ1n) is 5.42. The Bertz CT molecular complexity index is 301. The second-order valence-corrected chi connectivity index (χ2v) is 3.64. The maximum atomic E-state index is 11.4. The molecule has 0 saturated carbocycles. The minimum Gasteiger partial charge on any atom is -0.479 e. The number of hydrogen-bond acceptors (Lipinski definition) is 3. The number of amides is 1. The van der Waals surface area contributed by atoms with Crippen LogP contribution in [0.2, 0.25) is 0 Å². The van der Waals surface area contributed by atoms with Gasteiger partial charge in [-0.15, -0.1) is 6.58 Å². The number of ether oxygens (including phenoxy) is 1. The maximum Gasteiger partial charge on any atom is 0.408 e. The van der Waals surface area contributed by atoms with Gasteiger partial charge in [0, 0.05) is 0 Å². The van der Waals surface area contributed by atoms with Gasteiger partial charge in [-0.3, -0.25) is 0 Å². The molecule has 1 unspecified atom stereocenters. The third-order valence-corrected chi connectivity index (χ3v) is 2.25. The van der Waals surface area contributed by atoms with Crippen molar-refractivity contribution in [2.75, 3.05) is 6.61 Å². The van der Waals surface area contributed by atoms with E-state index in [9.17, 15) is 14.7 Å². The molecule has 17 heavy (non-hydrogen) atoms. The molecule has 1 atom stereocenters. The standard InChI is InChI=1S/C12H19NO4/c1-4-7-12(8-5-2,10(14)15)13-11(16)17-9-6-3/h4,6H,1,3,5,7-9H2,2H3,(H,13,16)(H,14,15). The molecule has 0 aromatic rings. The molecule has 0 spiro atoms. The van der Waals surface area contributed by atoms with Crippen LogP contribution < -0.4 is 5.32 Å². The largest absolute Gasteiger partial charge is 0.479 e. The van der Waals surface area contributed by atoms with Crippen molar-refractivity contribution in [1.82, 2.24) is 5.32 Å². The van der Waals surface area contributed by atoms with Crippen molar-refractivity contribution in [2.24, 2.45) is 0 Å². The minimum atomic E-state index is -1.34. The van der Waals surface area contributed by atoms with Crippen molar-refractivity contribution in [3.05, 3.63) is 25.3 Å². The lowest BCUT2D eigenvalue weighted by Gasteiger charge is -2.28. The van der Waals surface area contributed by atoms with Gasteiger partial charge in [-0.05, 0) is 12.8 Å². The van der Waals surface area contributed by atoms with Crippen LogP contribution in [0.1, 0.15) is 26.2 Å². The number of carboxylic acids is 1. The summed E-state index contributed by atoms with van der Waals surface area (Å²) < 4.78 is 4.72. The van der Waals surface area contributed by atoms with Crippen LogP contribution in [0.25, 0.3) is 0 Å². The molecule has 0 heterocycles. The number of carbonyl (C=O) groups is 2. The Labute approximate surface area is 101 Å². The normalized spacial score (nSPS) is 13.2. The zero-order chi connectivity index (χ0) is 13.3. The minimum absolute atomic E-state index is 0.0434. The van der Waals surface area contributed by atoms with Gasteiger partial charge in [0.25, 0.3) is 0 Å². The molecular weight excluding hydrogens is 222 g/mol. The highest BCUT2D eigenvalue weighted by atomic mass is 16.5. The Morgan fingerprint density at radius 2 is 2.06 bits per heavy atom. The van der Waals surface area contributed by atoms with E-state index in [-0.39, 0.29) is 13.0 Å². The monoisotopic (exact) mass is 241 g/mol. The molecule has 0 aliphatic carbocycles. The Kier molecular flexibility index (Phi) is 6.70. The average molecular weight is 241 g/mol. The molecule has 0 aliphatic rings. The van der Waals surface area contributed by atoms with Gasteiger partial charge in [0.1, 0.15) is 12.1 Å². The Hall–Kier alpha value is -1.78. The van der Waals surface area contributed by atoms with Crippen LogP contribution in [0, 0.1) is 0 Å². The van der Waals surface area contributed by atoms with E-state index in [2.05, 4.69) is 18.5 Å². The molecule has 0 aromatic heterocycles. The summed E-state index contributed by atoms with van der Waals surface area (Å²) in [6, 6.07) is 0. The van der Waals surface area contributed by atoms with Gasteiger partial charge in [-0.2, -0.15) is 0 Å². The lowest BCUT2D eigenvalue weighted by Crippen LogP contribution is -2.54. The number of carboxylic acid groups (broad SMARTS) is 1. The molecule has 0 saturated heterocycles. The lowest BCUT2D eigenvalue weighted by atomic mass is 9.90.